The Kier molecular flexibility index (Phi) is 5.44. The third-order valence-corrected chi connectivity index (χ3v) is 3.25. The third-order valence-electron chi connectivity index (χ3n) is 2.94. The maximum absolute atomic E-state index is 5.76. The van der Waals surface area contributed by atoms with E-state index in [0.29, 0.717) is 5.88 Å². The molecule has 0 radical (unpaired) electrons. The highest BCUT2D eigenvalue weighted by molar-refractivity contribution is 6.17. The number of nitrogens with one attached hydrogen (secondary N) is 1. The van der Waals surface area contributed by atoms with Crippen molar-refractivity contribution in [2.24, 2.45) is 0 Å². The van der Waals surface area contributed by atoms with Crippen LogP contribution >= 0.6 is 24.0 Å². The summed E-state index contributed by atoms with van der Waals surface area (Å²) in [5.41, 5.74) is 2.68. The van der Waals surface area contributed by atoms with Gasteiger partial charge in [-0.3, -0.25) is 0 Å². The van der Waals surface area contributed by atoms with Crippen LogP contribution in [0.15, 0.2) is 24.3 Å². The fourth-order valence-corrected chi connectivity index (χ4v) is 2.21. The van der Waals surface area contributed by atoms with Gasteiger partial charge in [-0.25, -0.2) is 0 Å². The van der Waals surface area contributed by atoms with Gasteiger partial charge < -0.3 is 5.32 Å². The molecule has 0 unspecified atom stereocenters. The quantitative estimate of drug-likeness (QED) is 0.789. The molecule has 1 aromatic carbocycles. The molecular weight excluding hydrogens is 229 g/mol. The molecule has 0 atom stereocenters. The number of benzene rings is 1. The minimum atomic E-state index is 0. The van der Waals surface area contributed by atoms with E-state index in [2.05, 4.69) is 29.6 Å². The lowest BCUT2D eigenvalue weighted by Crippen LogP contribution is -2.26. The van der Waals surface area contributed by atoms with Crippen molar-refractivity contribution in [2.75, 3.05) is 13.1 Å². The Balaban J connectivity index is 0.00000112. The molecule has 2 rings (SSSR count). The molecule has 1 N–H and O–H groups in total. The lowest BCUT2D eigenvalue weighted by atomic mass is 9.90. The van der Waals surface area contributed by atoms with E-state index in [-0.39, 0.29) is 12.4 Å². The van der Waals surface area contributed by atoms with Gasteiger partial charge in [0.05, 0.1) is 0 Å². The highest BCUT2D eigenvalue weighted by Crippen LogP contribution is 2.25. The van der Waals surface area contributed by atoms with E-state index in [0.717, 1.165) is 19.0 Å². The van der Waals surface area contributed by atoms with Gasteiger partial charge in [0.2, 0.25) is 0 Å². The molecule has 0 amide bonds. The molecular formula is C12H17Cl2N. The minimum absolute atomic E-state index is 0. The van der Waals surface area contributed by atoms with Gasteiger partial charge in [0, 0.05) is 5.88 Å². The van der Waals surface area contributed by atoms with Crippen LogP contribution in [0.2, 0.25) is 0 Å². The van der Waals surface area contributed by atoms with Crippen LogP contribution in [0.5, 0.6) is 0 Å². The maximum atomic E-state index is 5.76. The van der Waals surface area contributed by atoms with Crippen LogP contribution in [0.25, 0.3) is 0 Å². The summed E-state index contributed by atoms with van der Waals surface area (Å²) in [6, 6.07) is 8.75. The van der Waals surface area contributed by atoms with E-state index < -0.39 is 0 Å². The first kappa shape index (κ1) is 12.8. The molecule has 1 fully saturated rings. The van der Waals surface area contributed by atoms with Gasteiger partial charge in [-0.2, -0.15) is 0 Å². The van der Waals surface area contributed by atoms with E-state index in [4.69, 9.17) is 11.6 Å². The highest BCUT2D eigenvalue weighted by atomic mass is 35.5. The molecule has 0 saturated carbocycles. The third kappa shape index (κ3) is 3.37. The van der Waals surface area contributed by atoms with Crippen LogP contribution in [0.1, 0.15) is 29.9 Å². The van der Waals surface area contributed by atoms with Gasteiger partial charge >= 0.3 is 0 Å². The van der Waals surface area contributed by atoms with E-state index in [1.54, 1.807) is 0 Å². The lowest BCUT2D eigenvalue weighted by molar-refractivity contribution is 0.460. The summed E-state index contributed by atoms with van der Waals surface area (Å²) < 4.78 is 0. The predicted molar refractivity (Wildman–Crippen MR) is 68.1 cm³/mol. The molecule has 15 heavy (non-hydrogen) atoms. The standard InChI is InChI=1S/C12H16ClN.ClH/c13-9-10-1-3-11(4-2-10)12-5-7-14-8-6-12;/h1-4,12,14H,5-9H2;1H. The van der Waals surface area contributed by atoms with Crippen molar-refractivity contribution >= 4 is 24.0 Å². The van der Waals surface area contributed by atoms with Crippen LogP contribution in [0.4, 0.5) is 0 Å². The normalized spacial score (nSPS) is 17.1. The molecule has 1 nitrogen and oxygen atoms in total. The summed E-state index contributed by atoms with van der Waals surface area (Å²) in [6.07, 6.45) is 2.53. The number of hydrogen-bond acceptors (Lipinski definition) is 1. The second-order valence-electron chi connectivity index (χ2n) is 3.90. The molecule has 1 aliphatic heterocycles. The van der Waals surface area contributed by atoms with Gasteiger partial charge in [0.1, 0.15) is 0 Å². The fourth-order valence-electron chi connectivity index (χ4n) is 2.03. The monoisotopic (exact) mass is 245 g/mol. The molecule has 0 aliphatic carbocycles. The average molecular weight is 246 g/mol. The van der Waals surface area contributed by atoms with Gasteiger partial charge in [-0.1, -0.05) is 24.3 Å². The van der Waals surface area contributed by atoms with Crippen LogP contribution in [0, 0.1) is 0 Å². The molecule has 0 aromatic heterocycles. The summed E-state index contributed by atoms with van der Waals surface area (Å²) >= 11 is 5.76. The van der Waals surface area contributed by atoms with Crippen LogP contribution in [-0.4, -0.2) is 13.1 Å². The Bertz CT molecular complexity index is 278. The number of hydrogen-bond donors (Lipinski definition) is 1. The minimum Gasteiger partial charge on any atom is -0.317 e. The first-order chi connectivity index (χ1) is 6.90. The fraction of sp³-hybridized carbons (Fsp3) is 0.500. The van der Waals surface area contributed by atoms with Gasteiger partial charge in [-0.05, 0) is 43.0 Å². The second kappa shape index (κ2) is 6.37. The zero-order chi connectivity index (χ0) is 9.80. The summed E-state index contributed by atoms with van der Waals surface area (Å²) in [5.74, 6) is 1.37. The van der Waals surface area contributed by atoms with Gasteiger partial charge in [0.15, 0.2) is 0 Å². The lowest BCUT2D eigenvalue weighted by Gasteiger charge is -2.23. The number of rotatable bonds is 2. The molecule has 0 spiro atoms. The largest absolute Gasteiger partial charge is 0.317 e. The summed E-state index contributed by atoms with van der Waals surface area (Å²) in [6.45, 7) is 2.31. The first-order valence-electron chi connectivity index (χ1n) is 5.25. The summed E-state index contributed by atoms with van der Waals surface area (Å²) in [7, 11) is 0. The Labute approximate surface area is 103 Å². The highest BCUT2D eigenvalue weighted by Gasteiger charge is 2.14. The molecule has 1 saturated heterocycles. The van der Waals surface area contributed by atoms with E-state index in [1.165, 1.54) is 24.0 Å². The zero-order valence-corrected chi connectivity index (χ0v) is 10.3. The Morgan fingerprint density at radius 1 is 1.13 bits per heavy atom. The zero-order valence-electron chi connectivity index (χ0n) is 8.71. The molecule has 1 aromatic rings. The van der Waals surface area contributed by atoms with Gasteiger partial charge in [-0.15, -0.1) is 24.0 Å². The van der Waals surface area contributed by atoms with Crippen LogP contribution < -0.4 is 5.32 Å². The number of alkyl halides is 1. The van der Waals surface area contributed by atoms with Crippen molar-refractivity contribution < 1.29 is 0 Å². The molecule has 84 valence electrons. The van der Waals surface area contributed by atoms with Crippen molar-refractivity contribution in [1.82, 2.24) is 5.32 Å². The van der Waals surface area contributed by atoms with Crippen LogP contribution in [-0.2, 0) is 5.88 Å². The molecule has 0 bridgehead atoms. The van der Waals surface area contributed by atoms with Crippen molar-refractivity contribution in [3.8, 4) is 0 Å². The van der Waals surface area contributed by atoms with Crippen molar-refractivity contribution in [2.45, 2.75) is 24.6 Å². The predicted octanol–water partition coefficient (Wildman–Crippen LogP) is 3.31. The molecule has 3 heteroatoms. The smallest absolute Gasteiger partial charge is 0.0474 e. The summed E-state index contributed by atoms with van der Waals surface area (Å²) in [5, 5.41) is 3.39. The van der Waals surface area contributed by atoms with Crippen LogP contribution in [0.3, 0.4) is 0 Å². The Hall–Kier alpha value is -0.240. The Morgan fingerprint density at radius 3 is 2.27 bits per heavy atom. The topological polar surface area (TPSA) is 12.0 Å². The SMILES string of the molecule is Cl.ClCc1ccc(C2CCNCC2)cc1. The van der Waals surface area contributed by atoms with E-state index in [1.807, 2.05) is 0 Å². The van der Waals surface area contributed by atoms with Gasteiger partial charge in [0.25, 0.3) is 0 Å². The maximum Gasteiger partial charge on any atom is 0.0474 e. The molecule has 1 aliphatic rings. The van der Waals surface area contributed by atoms with Crippen molar-refractivity contribution in [1.29, 1.82) is 0 Å². The summed E-state index contributed by atoms with van der Waals surface area (Å²) in [4.78, 5) is 0. The van der Waals surface area contributed by atoms with E-state index in [9.17, 15) is 0 Å². The average Bonchev–Trinajstić information content (AvgIpc) is 2.30. The second-order valence-corrected chi connectivity index (χ2v) is 4.17. The molecule has 1 heterocycles. The first-order valence-corrected chi connectivity index (χ1v) is 5.79. The van der Waals surface area contributed by atoms with E-state index >= 15 is 0 Å². The number of halogens is 2. The van der Waals surface area contributed by atoms with Crippen molar-refractivity contribution in [3.05, 3.63) is 35.4 Å². The number of piperidine rings is 1. The van der Waals surface area contributed by atoms with Crippen molar-refractivity contribution in [3.63, 3.8) is 0 Å². The Morgan fingerprint density at radius 2 is 1.73 bits per heavy atom.